The quantitative estimate of drug-likeness (QED) is 0.353. The second-order valence-electron chi connectivity index (χ2n) is 8.02. The number of rotatable bonds is 7. The highest BCUT2D eigenvalue weighted by atomic mass is 127. The molecule has 0 aliphatic carbocycles. The van der Waals surface area contributed by atoms with Gasteiger partial charge in [-0.15, -0.1) is 24.0 Å². The Bertz CT molecular complexity index is 385. The Morgan fingerprint density at radius 1 is 1.25 bits per heavy atom. The maximum atomic E-state index is 5.47. The largest absolute Gasteiger partial charge is 0.377 e. The predicted octanol–water partition coefficient (Wildman–Crippen LogP) is 3.10. The van der Waals surface area contributed by atoms with Crippen molar-refractivity contribution in [1.29, 1.82) is 0 Å². The van der Waals surface area contributed by atoms with Gasteiger partial charge in [0.05, 0.1) is 12.1 Å². The second-order valence-corrected chi connectivity index (χ2v) is 8.02. The summed E-state index contributed by atoms with van der Waals surface area (Å²) in [6.45, 7) is 18.0. The zero-order chi connectivity index (χ0) is 17.5. The molecule has 0 saturated carbocycles. The van der Waals surface area contributed by atoms with Gasteiger partial charge in [-0.25, -0.2) is 0 Å². The van der Waals surface area contributed by atoms with Crippen molar-refractivity contribution in [3.63, 3.8) is 0 Å². The first kappa shape index (κ1) is 23.9. The Hall–Kier alpha value is -0.0800. The predicted molar refractivity (Wildman–Crippen MR) is 115 cm³/mol. The first-order valence-electron chi connectivity index (χ1n) is 9.02. The molecular weight excluding hydrogens is 415 g/mol. The fourth-order valence-electron chi connectivity index (χ4n) is 2.82. The van der Waals surface area contributed by atoms with Crippen LogP contribution in [0, 0.1) is 5.92 Å². The molecular formula is C18H39IN4O. The highest BCUT2D eigenvalue weighted by Crippen LogP contribution is 2.24. The van der Waals surface area contributed by atoms with Crippen molar-refractivity contribution in [2.75, 3.05) is 39.8 Å². The zero-order valence-electron chi connectivity index (χ0n) is 16.7. The molecule has 2 N–H and O–H groups in total. The maximum Gasteiger partial charge on any atom is 0.191 e. The Balaban J connectivity index is 0.00000529. The van der Waals surface area contributed by atoms with E-state index in [0.29, 0.717) is 0 Å². The number of hydrogen-bond acceptors (Lipinski definition) is 3. The van der Waals surface area contributed by atoms with Gasteiger partial charge in [-0.1, -0.05) is 6.92 Å². The minimum Gasteiger partial charge on any atom is -0.377 e. The summed E-state index contributed by atoms with van der Waals surface area (Å²) in [5.74, 6) is 1.66. The molecule has 1 fully saturated rings. The summed E-state index contributed by atoms with van der Waals surface area (Å²) in [5, 5.41) is 6.72. The first-order chi connectivity index (χ1) is 10.7. The molecule has 0 amide bonds. The Labute approximate surface area is 166 Å². The molecule has 1 saturated heterocycles. The summed E-state index contributed by atoms with van der Waals surface area (Å²) in [6.07, 6.45) is 2.65. The summed E-state index contributed by atoms with van der Waals surface area (Å²) in [7, 11) is 1.74. The van der Waals surface area contributed by atoms with Crippen LogP contribution in [-0.4, -0.2) is 61.8 Å². The molecule has 1 atom stereocenters. The highest BCUT2D eigenvalue weighted by Gasteiger charge is 2.30. The monoisotopic (exact) mass is 454 g/mol. The number of nitrogens with zero attached hydrogens (tertiary/aromatic N) is 2. The third-order valence-corrected chi connectivity index (χ3v) is 4.72. The van der Waals surface area contributed by atoms with Crippen LogP contribution in [0.15, 0.2) is 4.99 Å². The van der Waals surface area contributed by atoms with Crippen LogP contribution < -0.4 is 10.6 Å². The first-order valence-corrected chi connectivity index (χ1v) is 9.02. The fourth-order valence-corrected chi connectivity index (χ4v) is 2.82. The SMILES string of the molecule is CCNC(=NCC(C)(C)N1CCCC(C)C1)NCC(C)(C)OC.I. The molecule has 5 nitrogen and oxygen atoms in total. The lowest BCUT2D eigenvalue weighted by Crippen LogP contribution is -2.51. The topological polar surface area (TPSA) is 48.9 Å². The standard InChI is InChI=1S/C18H38N4O.HI/c1-8-19-16(21-14-18(5,6)23-7)20-13-17(3,4)22-11-9-10-15(2)12-22;/h15H,8-14H2,1-7H3,(H2,19,20,21);1H. The number of methoxy groups -OCH3 is 1. The lowest BCUT2D eigenvalue weighted by atomic mass is 9.94. The average molecular weight is 454 g/mol. The second kappa shape index (κ2) is 10.8. The molecule has 0 radical (unpaired) electrons. The van der Waals surface area contributed by atoms with Crippen LogP contribution in [0.25, 0.3) is 0 Å². The molecule has 0 bridgehead atoms. The molecule has 0 spiro atoms. The van der Waals surface area contributed by atoms with Crippen LogP contribution in [0.3, 0.4) is 0 Å². The van der Waals surface area contributed by atoms with E-state index in [1.54, 1.807) is 7.11 Å². The number of aliphatic imine (C=N–C) groups is 1. The summed E-state index contributed by atoms with van der Waals surface area (Å²) < 4.78 is 5.47. The van der Waals surface area contributed by atoms with Crippen LogP contribution in [0.5, 0.6) is 0 Å². The molecule has 1 unspecified atom stereocenters. The van der Waals surface area contributed by atoms with Crippen molar-refractivity contribution in [1.82, 2.24) is 15.5 Å². The number of piperidine rings is 1. The normalized spacial score (nSPS) is 20.5. The highest BCUT2D eigenvalue weighted by molar-refractivity contribution is 14.0. The maximum absolute atomic E-state index is 5.47. The van der Waals surface area contributed by atoms with Gasteiger partial charge in [0.1, 0.15) is 0 Å². The van der Waals surface area contributed by atoms with E-state index in [4.69, 9.17) is 9.73 Å². The van der Waals surface area contributed by atoms with Crippen molar-refractivity contribution in [2.24, 2.45) is 10.9 Å². The van der Waals surface area contributed by atoms with Crippen LogP contribution in [-0.2, 0) is 4.74 Å². The Morgan fingerprint density at radius 2 is 1.92 bits per heavy atom. The van der Waals surface area contributed by atoms with Crippen molar-refractivity contribution >= 4 is 29.9 Å². The van der Waals surface area contributed by atoms with Crippen LogP contribution in [0.4, 0.5) is 0 Å². The number of hydrogen-bond donors (Lipinski definition) is 2. The lowest BCUT2D eigenvalue weighted by Gasteiger charge is -2.42. The van der Waals surface area contributed by atoms with Gasteiger partial charge >= 0.3 is 0 Å². The van der Waals surface area contributed by atoms with Gasteiger partial charge in [0.15, 0.2) is 5.96 Å². The molecule has 1 aliphatic heterocycles. The van der Waals surface area contributed by atoms with E-state index < -0.39 is 0 Å². The molecule has 1 heterocycles. The molecule has 6 heteroatoms. The van der Waals surface area contributed by atoms with Gasteiger partial charge in [-0.2, -0.15) is 0 Å². The summed E-state index contributed by atoms with van der Waals surface area (Å²) >= 11 is 0. The van der Waals surface area contributed by atoms with Gasteiger partial charge in [0, 0.05) is 32.3 Å². The van der Waals surface area contributed by atoms with Gasteiger partial charge < -0.3 is 15.4 Å². The van der Waals surface area contributed by atoms with Gasteiger partial charge in [-0.05, 0) is 59.9 Å². The van der Waals surface area contributed by atoms with Crippen LogP contribution in [0.2, 0.25) is 0 Å². The minimum absolute atomic E-state index is 0. The molecule has 144 valence electrons. The third kappa shape index (κ3) is 8.34. The van der Waals surface area contributed by atoms with E-state index >= 15 is 0 Å². The number of likely N-dealkylation sites (tertiary alicyclic amines) is 1. The van der Waals surface area contributed by atoms with Crippen LogP contribution >= 0.6 is 24.0 Å². The lowest BCUT2D eigenvalue weighted by molar-refractivity contribution is 0.0268. The molecule has 1 aliphatic rings. The van der Waals surface area contributed by atoms with Crippen molar-refractivity contribution in [3.8, 4) is 0 Å². The zero-order valence-corrected chi connectivity index (χ0v) is 19.1. The smallest absolute Gasteiger partial charge is 0.191 e. The number of halogens is 1. The number of guanidine groups is 1. The van der Waals surface area contributed by atoms with Gasteiger partial charge in [0.25, 0.3) is 0 Å². The number of nitrogens with one attached hydrogen (secondary N) is 2. The molecule has 24 heavy (non-hydrogen) atoms. The van der Waals surface area contributed by atoms with E-state index in [9.17, 15) is 0 Å². The molecule has 0 aromatic carbocycles. The third-order valence-electron chi connectivity index (χ3n) is 4.72. The van der Waals surface area contributed by atoms with Gasteiger partial charge in [-0.3, -0.25) is 9.89 Å². The van der Waals surface area contributed by atoms with Crippen LogP contribution in [0.1, 0.15) is 54.4 Å². The summed E-state index contributed by atoms with van der Waals surface area (Å²) in [6, 6.07) is 0. The van der Waals surface area contributed by atoms with Crippen molar-refractivity contribution in [2.45, 2.75) is 65.5 Å². The average Bonchev–Trinajstić information content (AvgIpc) is 2.50. The molecule has 0 aromatic heterocycles. The van der Waals surface area contributed by atoms with E-state index in [0.717, 1.165) is 31.5 Å². The molecule has 1 rings (SSSR count). The van der Waals surface area contributed by atoms with Crippen molar-refractivity contribution in [3.05, 3.63) is 0 Å². The van der Waals surface area contributed by atoms with E-state index in [1.807, 2.05) is 0 Å². The number of ether oxygens (including phenoxy) is 1. The fraction of sp³-hybridized carbons (Fsp3) is 0.944. The van der Waals surface area contributed by atoms with Crippen molar-refractivity contribution < 1.29 is 4.74 Å². The Morgan fingerprint density at radius 3 is 2.46 bits per heavy atom. The minimum atomic E-state index is -0.200. The van der Waals surface area contributed by atoms with E-state index in [2.05, 4.69) is 57.1 Å². The summed E-state index contributed by atoms with van der Waals surface area (Å²) in [4.78, 5) is 7.41. The Kier molecular flexibility index (Phi) is 10.8. The van der Waals surface area contributed by atoms with E-state index in [1.165, 1.54) is 25.9 Å². The van der Waals surface area contributed by atoms with E-state index in [-0.39, 0.29) is 35.1 Å². The summed E-state index contributed by atoms with van der Waals surface area (Å²) in [5.41, 5.74) is -0.109. The van der Waals surface area contributed by atoms with Gasteiger partial charge in [0.2, 0.25) is 0 Å². The molecule has 0 aromatic rings.